The largest absolute Gasteiger partial charge is 0.501 e. The van der Waals surface area contributed by atoms with Crippen molar-refractivity contribution in [1.29, 1.82) is 0 Å². The van der Waals surface area contributed by atoms with Crippen molar-refractivity contribution in [1.82, 2.24) is 4.98 Å². The molecule has 0 fully saturated rings. The lowest BCUT2D eigenvalue weighted by molar-refractivity contribution is -0.390. The van der Waals surface area contributed by atoms with Gasteiger partial charge in [0.05, 0.1) is 7.11 Å². The minimum atomic E-state index is -0.822. The van der Waals surface area contributed by atoms with Crippen LogP contribution in [0.4, 0.5) is 16.4 Å². The molecule has 1 rings (SSSR count). The number of ether oxygens (including phenoxy) is 1. The second kappa shape index (κ2) is 5.09. The number of methoxy groups -OCH3 is 1. The number of carbonyl (C=O) groups excluding carboxylic acids is 1. The molecular weight excluding hydrogens is 254 g/mol. The Morgan fingerprint density at radius 2 is 2.05 bits per heavy atom. The van der Waals surface area contributed by atoms with Crippen LogP contribution in [0.2, 0.25) is 0 Å². The Morgan fingerprint density at radius 1 is 1.47 bits per heavy atom. The van der Waals surface area contributed by atoms with Gasteiger partial charge in [-0.15, -0.1) is 0 Å². The van der Waals surface area contributed by atoms with E-state index in [0.717, 1.165) is 6.07 Å². The maximum absolute atomic E-state index is 11.8. The number of aromatic nitrogens is 1. The highest BCUT2D eigenvalue weighted by Gasteiger charge is 2.34. The zero-order chi connectivity index (χ0) is 14.8. The summed E-state index contributed by atoms with van der Waals surface area (Å²) in [7, 11) is 1.20. The van der Waals surface area contributed by atoms with Crippen LogP contribution in [-0.4, -0.2) is 33.8 Å². The normalized spacial score (nSPS) is 10.9. The van der Waals surface area contributed by atoms with E-state index >= 15 is 0 Å². The van der Waals surface area contributed by atoms with Crippen LogP contribution < -0.4 is 4.90 Å². The molecule has 0 aliphatic rings. The van der Waals surface area contributed by atoms with Gasteiger partial charge in [0, 0.05) is 11.6 Å². The van der Waals surface area contributed by atoms with Gasteiger partial charge in [-0.3, -0.25) is 0 Å². The van der Waals surface area contributed by atoms with E-state index in [1.807, 2.05) is 0 Å². The minimum absolute atomic E-state index is 0.0313. The number of nitrogens with zero attached hydrogens (tertiary/aromatic N) is 3. The average Bonchev–Trinajstić information content (AvgIpc) is 2.29. The number of hydrogen-bond donors (Lipinski definition) is 1. The predicted molar refractivity (Wildman–Crippen MR) is 67.2 cm³/mol. The first-order valence-corrected chi connectivity index (χ1v) is 5.41. The van der Waals surface area contributed by atoms with E-state index in [4.69, 9.17) is 0 Å². The van der Waals surface area contributed by atoms with Crippen LogP contribution in [-0.2, 0) is 4.74 Å². The van der Waals surface area contributed by atoms with Crippen molar-refractivity contribution in [3.8, 4) is 5.75 Å². The molecule has 0 aromatic carbocycles. The van der Waals surface area contributed by atoms with E-state index in [1.165, 1.54) is 18.1 Å². The fraction of sp³-hybridized carbons (Fsp3) is 0.455. The summed E-state index contributed by atoms with van der Waals surface area (Å²) >= 11 is 0. The van der Waals surface area contributed by atoms with Gasteiger partial charge < -0.3 is 20.0 Å². The van der Waals surface area contributed by atoms with Crippen LogP contribution in [0, 0.1) is 10.1 Å². The molecule has 0 spiro atoms. The lowest BCUT2D eigenvalue weighted by Crippen LogP contribution is -2.46. The van der Waals surface area contributed by atoms with Crippen molar-refractivity contribution < 1.29 is 19.6 Å². The van der Waals surface area contributed by atoms with Crippen molar-refractivity contribution >= 4 is 17.7 Å². The third-order valence-electron chi connectivity index (χ3n) is 2.27. The monoisotopic (exact) mass is 269 g/mol. The number of rotatable bonds is 2. The number of aromatic hydroxyl groups is 1. The van der Waals surface area contributed by atoms with Gasteiger partial charge in [-0.25, -0.2) is 9.69 Å². The Hall–Kier alpha value is -2.38. The summed E-state index contributed by atoms with van der Waals surface area (Å²) in [6, 6.07) is 2.42. The zero-order valence-electron chi connectivity index (χ0n) is 11.1. The van der Waals surface area contributed by atoms with Crippen molar-refractivity contribution in [2.45, 2.75) is 26.3 Å². The third kappa shape index (κ3) is 3.09. The van der Waals surface area contributed by atoms with E-state index in [9.17, 15) is 20.0 Å². The summed E-state index contributed by atoms with van der Waals surface area (Å²) in [5, 5.41) is 20.1. The van der Waals surface area contributed by atoms with E-state index < -0.39 is 28.1 Å². The summed E-state index contributed by atoms with van der Waals surface area (Å²) in [4.78, 5) is 26.5. The highest BCUT2D eigenvalue weighted by Crippen LogP contribution is 2.29. The van der Waals surface area contributed by atoms with Gasteiger partial charge >= 0.3 is 11.9 Å². The van der Waals surface area contributed by atoms with Crippen molar-refractivity contribution in [2.24, 2.45) is 0 Å². The molecule has 0 radical (unpaired) electrons. The van der Waals surface area contributed by atoms with E-state index in [0.29, 0.717) is 0 Å². The van der Waals surface area contributed by atoms with Gasteiger partial charge in [0.15, 0.2) is 0 Å². The predicted octanol–water partition coefficient (Wildman–Crippen LogP) is 2.07. The van der Waals surface area contributed by atoms with Gasteiger partial charge in [-0.2, -0.15) is 0 Å². The minimum Gasteiger partial charge on any atom is -0.501 e. The van der Waals surface area contributed by atoms with Gasteiger partial charge in [0.2, 0.25) is 5.75 Å². The number of carbonyl (C=O) groups is 1. The maximum atomic E-state index is 11.8. The van der Waals surface area contributed by atoms with Crippen LogP contribution in [0.1, 0.15) is 20.8 Å². The molecule has 1 aromatic heterocycles. The summed E-state index contributed by atoms with van der Waals surface area (Å²) in [5.41, 5.74) is -0.690. The number of amides is 1. The molecule has 1 heterocycles. The number of hydrogen-bond acceptors (Lipinski definition) is 6. The van der Waals surface area contributed by atoms with Gasteiger partial charge in [0.25, 0.3) is 5.82 Å². The highest BCUT2D eigenvalue weighted by molar-refractivity contribution is 5.88. The molecule has 0 bridgehead atoms. The molecule has 1 amide bonds. The van der Waals surface area contributed by atoms with Crippen LogP contribution in [0.3, 0.4) is 0 Å². The van der Waals surface area contributed by atoms with Crippen molar-refractivity contribution in [3.63, 3.8) is 0 Å². The van der Waals surface area contributed by atoms with Crippen LogP contribution >= 0.6 is 0 Å². The van der Waals surface area contributed by atoms with E-state index in [-0.39, 0.29) is 5.82 Å². The second-order valence-electron chi connectivity index (χ2n) is 4.75. The quantitative estimate of drug-likeness (QED) is 0.650. The number of anilines is 1. The number of nitro groups is 1. The van der Waals surface area contributed by atoms with Crippen LogP contribution in [0.15, 0.2) is 12.1 Å². The van der Waals surface area contributed by atoms with Crippen molar-refractivity contribution in [2.75, 3.05) is 12.0 Å². The molecule has 19 heavy (non-hydrogen) atoms. The summed E-state index contributed by atoms with van der Waals surface area (Å²) < 4.78 is 4.64. The molecule has 0 atom stereocenters. The molecule has 0 aliphatic heterocycles. The molecule has 8 nitrogen and oxygen atoms in total. The lowest BCUT2D eigenvalue weighted by Gasteiger charge is -2.31. The van der Waals surface area contributed by atoms with E-state index in [2.05, 4.69) is 9.72 Å². The number of pyridine rings is 1. The highest BCUT2D eigenvalue weighted by atomic mass is 16.6. The van der Waals surface area contributed by atoms with Crippen molar-refractivity contribution in [3.05, 3.63) is 22.2 Å². The molecule has 0 unspecified atom stereocenters. The average molecular weight is 269 g/mol. The Kier molecular flexibility index (Phi) is 3.93. The lowest BCUT2D eigenvalue weighted by atomic mass is 10.1. The molecule has 0 saturated carbocycles. The Bertz CT molecular complexity index is 510. The van der Waals surface area contributed by atoms with Gasteiger partial charge in [-0.1, -0.05) is 0 Å². The molecule has 0 saturated heterocycles. The first kappa shape index (κ1) is 14.7. The smallest absolute Gasteiger partial charge is 0.417 e. The second-order valence-corrected chi connectivity index (χ2v) is 4.75. The molecular formula is C11H15N3O5. The Balaban J connectivity index is 3.36. The van der Waals surface area contributed by atoms with Crippen LogP contribution in [0.25, 0.3) is 0 Å². The topological polar surface area (TPSA) is 106 Å². The maximum Gasteiger partial charge on any atom is 0.417 e. The molecule has 1 aromatic rings. The Morgan fingerprint density at radius 3 is 2.47 bits per heavy atom. The standard InChI is InChI=1S/C11H15N3O5/c1-11(2,3)13(10(16)19-4)8-6-5-7(15)9(12-8)14(17)18/h5-6,15H,1-4H3. The summed E-state index contributed by atoms with van der Waals surface area (Å²) in [5.74, 6) is -1.24. The Labute approximate surface area is 109 Å². The zero-order valence-corrected chi connectivity index (χ0v) is 11.1. The first-order valence-electron chi connectivity index (χ1n) is 5.41. The van der Waals surface area contributed by atoms with Gasteiger partial charge in [0.1, 0.15) is 0 Å². The fourth-order valence-corrected chi connectivity index (χ4v) is 1.49. The molecule has 0 aliphatic carbocycles. The molecule has 104 valence electrons. The third-order valence-corrected chi connectivity index (χ3v) is 2.27. The summed E-state index contributed by atoms with van der Waals surface area (Å²) in [6.45, 7) is 5.18. The fourth-order valence-electron chi connectivity index (χ4n) is 1.49. The van der Waals surface area contributed by atoms with E-state index in [1.54, 1.807) is 20.8 Å². The molecule has 1 N–H and O–H groups in total. The van der Waals surface area contributed by atoms with Gasteiger partial charge in [-0.05, 0) is 36.7 Å². The summed E-state index contributed by atoms with van der Waals surface area (Å²) in [6.07, 6.45) is -0.694. The molecule has 8 heteroatoms. The first-order chi connectivity index (χ1) is 8.68. The SMILES string of the molecule is COC(=O)N(c1ccc(O)c([N+](=O)[O-])n1)C(C)(C)C. The van der Waals surface area contributed by atoms with Crippen LogP contribution in [0.5, 0.6) is 5.75 Å².